The van der Waals surface area contributed by atoms with Gasteiger partial charge in [0.1, 0.15) is 12.4 Å². The fourth-order valence-electron chi connectivity index (χ4n) is 2.91. The van der Waals surface area contributed by atoms with Gasteiger partial charge in [0.15, 0.2) is 0 Å². The molecular weight excluding hydrogens is 324 g/mol. The van der Waals surface area contributed by atoms with E-state index in [2.05, 4.69) is 57.2 Å². The van der Waals surface area contributed by atoms with Gasteiger partial charge in [0.25, 0.3) is 8.32 Å². The first-order valence-electron chi connectivity index (χ1n) is 8.79. The highest BCUT2D eigenvalue weighted by atomic mass is 28.4. The smallest absolute Gasteiger partial charge is 0.260 e. The second-order valence-corrected chi connectivity index (χ2v) is 10.8. The summed E-state index contributed by atoms with van der Waals surface area (Å²) in [7, 11) is -2.58. The van der Waals surface area contributed by atoms with E-state index in [0.717, 1.165) is 12.3 Å². The van der Waals surface area contributed by atoms with Gasteiger partial charge in [0.2, 0.25) is 0 Å². The van der Waals surface area contributed by atoms with E-state index >= 15 is 0 Å². The standard InChI is InChI=1S/C22H28O2Si/c1-5-6-17-25(19-13-9-7-10-14-19,20-15-11-8-12-16-20)24-21(18-23)22(2,3)4/h5-16,18,21H,17H2,1-4H3/b6-5-. The van der Waals surface area contributed by atoms with E-state index in [9.17, 15) is 4.79 Å². The Kier molecular flexibility index (Phi) is 6.51. The predicted octanol–water partition coefficient (Wildman–Crippen LogP) is 3.95. The van der Waals surface area contributed by atoms with Gasteiger partial charge in [-0.2, -0.15) is 0 Å². The molecule has 0 saturated heterocycles. The SMILES string of the molecule is C/C=C\C[Si](OC(C=O)C(C)(C)C)(c1ccccc1)c1ccccc1. The van der Waals surface area contributed by atoms with Crippen LogP contribution in [0.25, 0.3) is 0 Å². The molecule has 1 atom stereocenters. The van der Waals surface area contributed by atoms with Crippen molar-refractivity contribution in [3.8, 4) is 0 Å². The van der Waals surface area contributed by atoms with Crippen LogP contribution in [-0.2, 0) is 9.22 Å². The van der Waals surface area contributed by atoms with E-state index in [-0.39, 0.29) is 5.41 Å². The largest absolute Gasteiger partial charge is 0.397 e. The molecule has 3 heteroatoms. The molecular formula is C22H28O2Si. The van der Waals surface area contributed by atoms with E-state index in [1.54, 1.807) is 0 Å². The summed E-state index contributed by atoms with van der Waals surface area (Å²) in [4.78, 5) is 11.8. The average molecular weight is 353 g/mol. The summed E-state index contributed by atoms with van der Waals surface area (Å²) in [6.45, 7) is 8.18. The van der Waals surface area contributed by atoms with Crippen LogP contribution in [0.15, 0.2) is 72.8 Å². The molecule has 1 unspecified atom stereocenters. The lowest BCUT2D eigenvalue weighted by atomic mass is 9.90. The number of aldehydes is 1. The fraction of sp³-hybridized carbons (Fsp3) is 0.318. The van der Waals surface area contributed by atoms with Crippen LogP contribution in [-0.4, -0.2) is 20.7 Å². The predicted molar refractivity (Wildman–Crippen MR) is 108 cm³/mol. The van der Waals surface area contributed by atoms with Crippen molar-refractivity contribution in [2.75, 3.05) is 0 Å². The molecule has 132 valence electrons. The maximum Gasteiger partial charge on any atom is 0.260 e. The highest BCUT2D eigenvalue weighted by Crippen LogP contribution is 2.26. The molecule has 0 aliphatic carbocycles. The first kappa shape index (κ1) is 19.4. The zero-order chi connectivity index (χ0) is 18.3. The third kappa shape index (κ3) is 4.56. The topological polar surface area (TPSA) is 26.3 Å². The molecule has 0 aliphatic heterocycles. The van der Waals surface area contributed by atoms with E-state index in [0.29, 0.717) is 0 Å². The number of rotatable bonds is 7. The summed E-state index contributed by atoms with van der Waals surface area (Å²) in [5.41, 5.74) is -0.251. The number of benzene rings is 2. The monoisotopic (exact) mass is 352 g/mol. The number of hydrogen-bond acceptors (Lipinski definition) is 2. The van der Waals surface area contributed by atoms with Crippen LogP contribution in [0.3, 0.4) is 0 Å². The molecule has 0 N–H and O–H groups in total. The van der Waals surface area contributed by atoms with E-state index in [1.807, 2.05) is 43.3 Å². The first-order chi connectivity index (χ1) is 11.9. The van der Waals surface area contributed by atoms with Gasteiger partial charge in [-0.15, -0.1) is 0 Å². The second-order valence-electron chi connectivity index (χ2n) is 7.37. The minimum absolute atomic E-state index is 0.251. The Morgan fingerprint density at radius 3 is 1.80 bits per heavy atom. The molecule has 0 radical (unpaired) electrons. The minimum Gasteiger partial charge on any atom is -0.397 e. The summed E-state index contributed by atoms with van der Waals surface area (Å²) in [6.07, 6.45) is 4.73. The molecule has 0 aliphatic rings. The van der Waals surface area contributed by atoms with Crippen molar-refractivity contribution in [3.05, 3.63) is 72.8 Å². The van der Waals surface area contributed by atoms with E-state index in [4.69, 9.17) is 4.43 Å². The summed E-state index contributed by atoms with van der Waals surface area (Å²) in [6, 6.07) is 21.6. The minimum atomic E-state index is -2.58. The van der Waals surface area contributed by atoms with Gasteiger partial charge >= 0.3 is 0 Å². The molecule has 0 spiro atoms. The van der Waals surface area contributed by atoms with Crippen molar-refractivity contribution < 1.29 is 9.22 Å². The van der Waals surface area contributed by atoms with Gasteiger partial charge in [0, 0.05) is 0 Å². The normalized spacial score (nSPS) is 13.8. The van der Waals surface area contributed by atoms with Gasteiger partial charge in [-0.25, -0.2) is 0 Å². The molecule has 2 aromatic rings. The Labute approximate surface area is 152 Å². The maximum atomic E-state index is 11.8. The lowest BCUT2D eigenvalue weighted by molar-refractivity contribution is -0.118. The Balaban J connectivity index is 2.64. The number of carbonyl (C=O) groups excluding carboxylic acids is 1. The molecule has 2 rings (SSSR count). The molecule has 2 nitrogen and oxygen atoms in total. The van der Waals surface area contributed by atoms with Crippen LogP contribution in [0.1, 0.15) is 27.7 Å². The summed E-state index contributed by atoms with van der Waals surface area (Å²) < 4.78 is 6.75. The Bertz CT molecular complexity index is 647. The molecule has 0 bridgehead atoms. The molecule has 0 fully saturated rings. The van der Waals surface area contributed by atoms with Crippen molar-refractivity contribution in [1.82, 2.24) is 0 Å². The van der Waals surface area contributed by atoms with E-state index in [1.165, 1.54) is 10.4 Å². The highest BCUT2D eigenvalue weighted by molar-refractivity contribution is 6.97. The average Bonchev–Trinajstić information content (AvgIpc) is 2.63. The van der Waals surface area contributed by atoms with Crippen molar-refractivity contribution in [1.29, 1.82) is 0 Å². The molecule has 0 saturated carbocycles. The lowest BCUT2D eigenvalue weighted by Crippen LogP contribution is -2.63. The second kappa shape index (κ2) is 8.41. The van der Waals surface area contributed by atoms with Gasteiger partial charge < -0.3 is 9.22 Å². The molecule has 0 amide bonds. The quantitative estimate of drug-likeness (QED) is 0.428. The van der Waals surface area contributed by atoms with Gasteiger partial charge in [-0.3, -0.25) is 0 Å². The summed E-state index contributed by atoms with van der Waals surface area (Å²) in [5, 5.41) is 2.38. The third-order valence-electron chi connectivity index (χ3n) is 4.43. The first-order valence-corrected chi connectivity index (χ1v) is 10.9. The zero-order valence-electron chi connectivity index (χ0n) is 15.6. The van der Waals surface area contributed by atoms with Crippen LogP contribution >= 0.6 is 0 Å². The van der Waals surface area contributed by atoms with Crippen LogP contribution in [0.4, 0.5) is 0 Å². The molecule has 0 heterocycles. The lowest BCUT2D eigenvalue weighted by Gasteiger charge is -2.38. The number of carbonyl (C=O) groups is 1. The van der Waals surface area contributed by atoms with Crippen LogP contribution in [0, 0.1) is 5.41 Å². The van der Waals surface area contributed by atoms with Crippen molar-refractivity contribution in [2.45, 2.75) is 39.8 Å². The Hall–Kier alpha value is -1.97. The number of hydrogen-bond donors (Lipinski definition) is 0. The summed E-state index contributed by atoms with van der Waals surface area (Å²) in [5.74, 6) is 0. The van der Waals surface area contributed by atoms with Crippen LogP contribution in [0.5, 0.6) is 0 Å². The molecule has 25 heavy (non-hydrogen) atoms. The summed E-state index contributed by atoms with van der Waals surface area (Å²) >= 11 is 0. The van der Waals surface area contributed by atoms with Crippen LogP contribution < -0.4 is 10.4 Å². The van der Waals surface area contributed by atoms with Crippen molar-refractivity contribution in [2.24, 2.45) is 5.41 Å². The molecule has 2 aromatic carbocycles. The zero-order valence-corrected chi connectivity index (χ0v) is 16.6. The van der Waals surface area contributed by atoms with Crippen molar-refractivity contribution >= 4 is 25.0 Å². The van der Waals surface area contributed by atoms with Gasteiger partial charge in [-0.05, 0) is 28.8 Å². The maximum absolute atomic E-state index is 11.8. The van der Waals surface area contributed by atoms with Gasteiger partial charge in [0.05, 0.1) is 0 Å². The number of allylic oxidation sites excluding steroid dienone is 2. The fourth-order valence-corrected chi connectivity index (χ4v) is 6.96. The Morgan fingerprint density at radius 1 is 0.960 bits per heavy atom. The highest BCUT2D eigenvalue weighted by Gasteiger charge is 2.43. The third-order valence-corrected chi connectivity index (χ3v) is 8.43. The Morgan fingerprint density at radius 2 is 1.44 bits per heavy atom. The van der Waals surface area contributed by atoms with Gasteiger partial charge in [-0.1, -0.05) is 93.6 Å². The molecule has 0 aromatic heterocycles. The van der Waals surface area contributed by atoms with Crippen molar-refractivity contribution in [3.63, 3.8) is 0 Å². The van der Waals surface area contributed by atoms with E-state index < -0.39 is 14.4 Å². The van der Waals surface area contributed by atoms with Crippen LogP contribution in [0.2, 0.25) is 6.04 Å².